The molecular weight excluding hydrogens is 224 g/mol. The Kier molecular flexibility index (Phi) is 10.3. The summed E-state index contributed by atoms with van der Waals surface area (Å²) in [5.41, 5.74) is 0. The number of ketones is 1. The highest BCUT2D eigenvalue weighted by molar-refractivity contribution is 5.80. The fraction of sp³-hybridized carbons (Fsp3) is 0.933. The van der Waals surface area contributed by atoms with Crippen LogP contribution in [0, 0.1) is 0 Å². The molecule has 0 saturated heterocycles. The summed E-state index contributed by atoms with van der Waals surface area (Å²) >= 11 is 0. The third-order valence-corrected chi connectivity index (χ3v) is 3.56. The largest absolute Gasteiger partial charge is 0.303 e. The van der Waals surface area contributed by atoms with Crippen molar-refractivity contribution in [2.45, 2.75) is 59.4 Å². The third kappa shape index (κ3) is 7.83. The maximum atomic E-state index is 11.2. The molecule has 0 aromatic rings. The summed E-state index contributed by atoms with van der Waals surface area (Å²) in [6.07, 6.45) is 4.88. The van der Waals surface area contributed by atoms with Gasteiger partial charge >= 0.3 is 0 Å². The zero-order valence-electron chi connectivity index (χ0n) is 13.0. The van der Waals surface area contributed by atoms with E-state index in [-0.39, 0.29) is 11.8 Å². The summed E-state index contributed by atoms with van der Waals surface area (Å²) in [4.78, 5) is 16.0. The van der Waals surface area contributed by atoms with Crippen molar-refractivity contribution in [3.8, 4) is 0 Å². The topological polar surface area (TPSA) is 23.6 Å². The number of nitrogens with zero attached hydrogens (tertiary/aromatic N) is 2. The average Bonchev–Trinajstić information content (AvgIpc) is 2.33. The Labute approximate surface area is 114 Å². The number of likely N-dealkylation sites (N-methyl/N-ethyl adjacent to an activating group) is 1. The molecule has 1 unspecified atom stereocenters. The lowest BCUT2D eigenvalue weighted by Crippen LogP contribution is -2.35. The lowest BCUT2D eigenvalue weighted by atomic mass is 10.2. The molecule has 0 aliphatic heterocycles. The molecule has 0 heterocycles. The van der Waals surface area contributed by atoms with Gasteiger partial charge in [0.05, 0.1) is 6.04 Å². The van der Waals surface area contributed by atoms with Crippen LogP contribution in [0.3, 0.4) is 0 Å². The second kappa shape index (κ2) is 10.5. The van der Waals surface area contributed by atoms with Gasteiger partial charge in [0.2, 0.25) is 0 Å². The maximum absolute atomic E-state index is 11.2. The standard InChI is InChI=1S/C15H32N2O/c1-6-10-17(11-7-2)13-9-8-12-16(5)14(3)15(4)18/h14H,6-13H2,1-5H3. The summed E-state index contributed by atoms with van der Waals surface area (Å²) in [6.45, 7) is 12.8. The zero-order valence-corrected chi connectivity index (χ0v) is 13.0. The van der Waals surface area contributed by atoms with Gasteiger partial charge in [-0.25, -0.2) is 0 Å². The predicted octanol–water partition coefficient (Wildman–Crippen LogP) is 2.80. The van der Waals surface area contributed by atoms with Gasteiger partial charge in [0, 0.05) is 0 Å². The predicted molar refractivity (Wildman–Crippen MR) is 79.0 cm³/mol. The van der Waals surface area contributed by atoms with Crippen LogP contribution in [0.2, 0.25) is 0 Å². The fourth-order valence-electron chi connectivity index (χ4n) is 2.17. The van der Waals surface area contributed by atoms with Crippen molar-refractivity contribution in [1.29, 1.82) is 0 Å². The molecule has 3 heteroatoms. The normalized spacial score (nSPS) is 13.3. The highest BCUT2D eigenvalue weighted by Gasteiger charge is 2.12. The lowest BCUT2D eigenvalue weighted by molar-refractivity contribution is -0.121. The number of rotatable bonds is 11. The quantitative estimate of drug-likeness (QED) is 0.531. The molecule has 0 aromatic heterocycles. The molecule has 18 heavy (non-hydrogen) atoms. The van der Waals surface area contributed by atoms with Gasteiger partial charge in [-0.15, -0.1) is 0 Å². The van der Waals surface area contributed by atoms with Crippen molar-refractivity contribution in [3.63, 3.8) is 0 Å². The molecule has 0 bridgehead atoms. The third-order valence-electron chi connectivity index (χ3n) is 3.56. The van der Waals surface area contributed by atoms with Crippen LogP contribution in [-0.2, 0) is 4.79 Å². The van der Waals surface area contributed by atoms with E-state index in [0.29, 0.717) is 0 Å². The second-order valence-electron chi connectivity index (χ2n) is 5.32. The Morgan fingerprint density at radius 3 is 1.94 bits per heavy atom. The van der Waals surface area contributed by atoms with E-state index in [1.807, 2.05) is 14.0 Å². The van der Waals surface area contributed by atoms with Crippen LogP contribution in [0.25, 0.3) is 0 Å². The van der Waals surface area contributed by atoms with Gasteiger partial charge in [0.25, 0.3) is 0 Å². The van der Waals surface area contributed by atoms with Crippen molar-refractivity contribution in [1.82, 2.24) is 9.80 Å². The first-order chi connectivity index (χ1) is 8.52. The van der Waals surface area contributed by atoms with E-state index in [1.165, 1.54) is 45.3 Å². The summed E-state index contributed by atoms with van der Waals surface area (Å²) < 4.78 is 0. The second-order valence-corrected chi connectivity index (χ2v) is 5.32. The average molecular weight is 256 g/mol. The smallest absolute Gasteiger partial charge is 0.146 e. The molecule has 0 N–H and O–H groups in total. The van der Waals surface area contributed by atoms with Crippen LogP contribution < -0.4 is 0 Å². The molecule has 0 fully saturated rings. The summed E-state index contributed by atoms with van der Waals surface area (Å²) in [7, 11) is 2.04. The molecule has 0 rings (SSSR count). The monoisotopic (exact) mass is 256 g/mol. The molecule has 1 atom stereocenters. The molecular formula is C15H32N2O. The summed E-state index contributed by atoms with van der Waals surface area (Å²) in [5.74, 6) is 0.260. The van der Waals surface area contributed by atoms with E-state index in [9.17, 15) is 4.79 Å². The van der Waals surface area contributed by atoms with Crippen LogP contribution in [0.15, 0.2) is 0 Å². The molecule has 108 valence electrons. The number of Topliss-reactive ketones (excluding diaryl/α,β-unsaturated/α-hetero) is 1. The van der Waals surface area contributed by atoms with E-state index in [0.717, 1.165) is 6.54 Å². The minimum atomic E-state index is 0.0624. The molecule has 0 saturated carbocycles. The van der Waals surface area contributed by atoms with Crippen molar-refractivity contribution in [3.05, 3.63) is 0 Å². The van der Waals surface area contributed by atoms with Crippen molar-refractivity contribution >= 4 is 5.78 Å². The molecule has 0 spiro atoms. The van der Waals surface area contributed by atoms with Gasteiger partial charge < -0.3 is 4.90 Å². The minimum Gasteiger partial charge on any atom is -0.303 e. The highest BCUT2D eigenvalue weighted by Crippen LogP contribution is 2.03. The highest BCUT2D eigenvalue weighted by atomic mass is 16.1. The maximum Gasteiger partial charge on any atom is 0.146 e. The molecule has 0 aliphatic rings. The minimum absolute atomic E-state index is 0.0624. The van der Waals surface area contributed by atoms with Crippen LogP contribution in [0.1, 0.15) is 53.4 Å². The summed E-state index contributed by atoms with van der Waals surface area (Å²) in [5, 5.41) is 0. The Bertz CT molecular complexity index is 213. The van der Waals surface area contributed by atoms with E-state index < -0.39 is 0 Å². The number of carbonyl (C=O) groups is 1. The van der Waals surface area contributed by atoms with Crippen LogP contribution in [0.5, 0.6) is 0 Å². The lowest BCUT2D eigenvalue weighted by Gasteiger charge is -2.24. The molecule has 0 radical (unpaired) electrons. The molecule has 3 nitrogen and oxygen atoms in total. The molecule has 0 amide bonds. The number of unbranched alkanes of at least 4 members (excludes halogenated alkanes) is 1. The van der Waals surface area contributed by atoms with E-state index >= 15 is 0 Å². The SMILES string of the molecule is CCCN(CCC)CCCCN(C)C(C)C(C)=O. The van der Waals surface area contributed by atoms with E-state index in [2.05, 4.69) is 23.6 Å². The van der Waals surface area contributed by atoms with Crippen LogP contribution in [-0.4, -0.2) is 54.9 Å². The fourth-order valence-corrected chi connectivity index (χ4v) is 2.17. The van der Waals surface area contributed by atoms with Crippen LogP contribution in [0.4, 0.5) is 0 Å². The Hall–Kier alpha value is -0.410. The van der Waals surface area contributed by atoms with Gasteiger partial charge in [-0.2, -0.15) is 0 Å². The Balaban J connectivity index is 3.73. The van der Waals surface area contributed by atoms with Gasteiger partial charge in [0.1, 0.15) is 5.78 Å². The van der Waals surface area contributed by atoms with Crippen molar-refractivity contribution in [2.24, 2.45) is 0 Å². The first kappa shape index (κ1) is 17.6. The van der Waals surface area contributed by atoms with E-state index in [1.54, 1.807) is 6.92 Å². The first-order valence-corrected chi connectivity index (χ1v) is 7.45. The number of hydrogen-bond acceptors (Lipinski definition) is 3. The number of carbonyl (C=O) groups excluding carboxylic acids is 1. The number of hydrogen-bond donors (Lipinski definition) is 0. The van der Waals surface area contributed by atoms with E-state index in [4.69, 9.17) is 0 Å². The Morgan fingerprint density at radius 2 is 1.50 bits per heavy atom. The molecule has 0 aromatic carbocycles. The van der Waals surface area contributed by atoms with Gasteiger partial charge in [-0.05, 0) is 72.8 Å². The van der Waals surface area contributed by atoms with Gasteiger partial charge in [-0.1, -0.05) is 13.8 Å². The van der Waals surface area contributed by atoms with Gasteiger partial charge in [0.15, 0.2) is 0 Å². The summed E-state index contributed by atoms with van der Waals surface area (Å²) in [6, 6.07) is 0.0624. The van der Waals surface area contributed by atoms with Gasteiger partial charge in [-0.3, -0.25) is 9.69 Å². The van der Waals surface area contributed by atoms with Crippen molar-refractivity contribution < 1.29 is 4.79 Å². The Morgan fingerprint density at radius 1 is 1.00 bits per heavy atom. The molecule has 0 aliphatic carbocycles. The van der Waals surface area contributed by atoms with Crippen LogP contribution >= 0.6 is 0 Å². The van der Waals surface area contributed by atoms with Crippen molar-refractivity contribution in [2.75, 3.05) is 33.2 Å². The zero-order chi connectivity index (χ0) is 14.0. The first-order valence-electron chi connectivity index (χ1n) is 7.45.